The average molecular weight is 523 g/mol. The molecule has 3 aromatic rings. The Balaban J connectivity index is 1.37. The van der Waals surface area contributed by atoms with Crippen molar-refractivity contribution in [2.75, 3.05) is 31.0 Å². The van der Waals surface area contributed by atoms with Crippen molar-refractivity contribution in [3.05, 3.63) is 69.6 Å². The quantitative estimate of drug-likeness (QED) is 0.365. The van der Waals surface area contributed by atoms with Crippen molar-refractivity contribution in [2.24, 2.45) is 0 Å². The molecule has 1 aliphatic rings. The van der Waals surface area contributed by atoms with E-state index in [2.05, 4.69) is 10.6 Å². The van der Waals surface area contributed by atoms with Crippen molar-refractivity contribution in [2.45, 2.75) is 39.5 Å². The molecule has 9 heteroatoms. The zero-order valence-corrected chi connectivity index (χ0v) is 22.0. The van der Waals surface area contributed by atoms with Crippen molar-refractivity contribution >= 4 is 39.8 Å². The molecule has 8 nitrogen and oxygen atoms in total. The van der Waals surface area contributed by atoms with Gasteiger partial charge in [0.15, 0.2) is 6.61 Å². The van der Waals surface area contributed by atoms with Gasteiger partial charge in [0.25, 0.3) is 11.8 Å². The van der Waals surface area contributed by atoms with Crippen LogP contribution in [0.1, 0.15) is 56.5 Å². The summed E-state index contributed by atoms with van der Waals surface area (Å²) >= 11 is 1.43. The standard InChI is InChI=1S/C28H30N2O6S/c1-4-35-28(33)25-20-7-5-6-8-23(20)37-27(25)30-24(31)16-36-19-12-10-18(11-13-19)26(32)29-21-15-17(2)9-14-22(21)34-3/h9-15H,4-8,16H2,1-3H3,(H,29,32)(H,30,31). The highest BCUT2D eigenvalue weighted by Gasteiger charge is 2.27. The molecule has 0 saturated heterocycles. The Morgan fingerprint density at radius 1 is 1.00 bits per heavy atom. The predicted octanol–water partition coefficient (Wildman–Crippen LogP) is 5.39. The van der Waals surface area contributed by atoms with E-state index in [1.54, 1.807) is 44.4 Å². The van der Waals surface area contributed by atoms with Gasteiger partial charge in [0.1, 0.15) is 16.5 Å². The van der Waals surface area contributed by atoms with Crippen molar-refractivity contribution in [1.82, 2.24) is 0 Å². The van der Waals surface area contributed by atoms with Gasteiger partial charge in [-0.15, -0.1) is 11.3 Å². The third-order valence-electron chi connectivity index (χ3n) is 5.99. The fourth-order valence-corrected chi connectivity index (χ4v) is 5.49. The molecule has 37 heavy (non-hydrogen) atoms. The molecule has 0 unspecified atom stereocenters. The molecular weight excluding hydrogens is 492 g/mol. The highest BCUT2D eigenvalue weighted by molar-refractivity contribution is 7.17. The summed E-state index contributed by atoms with van der Waals surface area (Å²) in [6.45, 7) is 3.72. The lowest BCUT2D eigenvalue weighted by molar-refractivity contribution is -0.118. The number of rotatable bonds is 9. The number of anilines is 2. The molecule has 0 aliphatic heterocycles. The molecule has 2 N–H and O–H groups in total. The van der Waals surface area contributed by atoms with Crippen LogP contribution in [0.4, 0.5) is 10.7 Å². The van der Waals surface area contributed by atoms with Gasteiger partial charge in [-0.25, -0.2) is 4.79 Å². The number of ether oxygens (including phenoxy) is 3. The third kappa shape index (κ3) is 6.29. The number of fused-ring (bicyclic) bond motifs is 1. The summed E-state index contributed by atoms with van der Waals surface area (Å²) in [7, 11) is 1.55. The zero-order valence-electron chi connectivity index (χ0n) is 21.1. The summed E-state index contributed by atoms with van der Waals surface area (Å²) < 4.78 is 16.2. The van der Waals surface area contributed by atoms with Gasteiger partial charge >= 0.3 is 5.97 Å². The van der Waals surface area contributed by atoms with Crippen LogP contribution in [0.25, 0.3) is 0 Å². The summed E-state index contributed by atoms with van der Waals surface area (Å²) in [4.78, 5) is 39.0. The minimum Gasteiger partial charge on any atom is -0.495 e. The summed E-state index contributed by atoms with van der Waals surface area (Å²) in [5, 5.41) is 6.19. The molecule has 2 amide bonds. The second-order valence-electron chi connectivity index (χ2n) is 8.65. The van der Waals surface area contributed by atoms with Crippen molar-refractivity contribution in [3.8, 4) is 11.5 Å². The first-order valence-corrected chi connectivity index (χ1v) is 13.0. The van der Waals surface area contributed by atoms with Gasteiger partial charge in [0.2, 0.25) is 0 Å². The van der Waals surface area contributed by atoms with E-state index in [0.29, 0.717) is 33.3 Å². The number of carbonyl (C=O) groups is 3. The number of thiophene rings is 1. The summed E-state index contributed by atoms with van der Waals surface area (Å²) in [6.07, 6.45) is 3.79. The smallest absolute Gasteiger partial charge is 0.341 e. The number of methoxy groups -OCH3 is 1. The van der Waals surface area contributed by atoms with Crippen LogP contribution in [0.15, 0.2) is 42.5 Å². The Morgan fingerprint density at radius 3 is 2.49 bits per heavy atom. The van der Waals surface area contributed by atoms with E-state index in [0.717, 1.165) is 41.7 Å². The van der Waals surface area contributed by atoms with Crippen LogP contribution in [0, 0.1) is 6.92 Å². The van der Waals surface area contributed by atoms with Crippen LogP contribution in [0.2, 0.25) is 0 Å². The normalized spacial score (nSPS) is 12.3. The van der Waals surface area contributed by atoms with Crippen molar-refractivity contribution < 1.29 is 28.6 Å². The Morgan fingerprint density at radius 2 is 1.76 bits per heavy atom. The van der Waals surface area contributed by atoms with Crippen LogP contribution >= 0.6 is 11.3 Å². The first-order chi connectivity index (χ1) is 17.9. The topological polar surface area (TPSA) is 103 Å². The predicted molar refractivity (Wildman–Crippen MR) is 143 cm³/mol. The van der Waals surface area contributed by atoms with Crippen molar-refractivity contribution in [3.63, 3.8) is 0 Å². The highest BCUT2D eigenvalue weighted by atomic mass is 32.1. The molecule has 194 valence electrons. The van der Waals surface area contributed by atoms with Gasteiger partial charge in [-0.05, 0) is 87.1 Å². The maximum Gasteiger partial charge on any atom is 0.341 e. The van der Waals surface area contributed by atoms with Crippen LogP contribution in [0.3, 0.4) is 0 Å². The van der Waals surface area contributed by atoms with E-state index in [1.807, 2.05) is 19.1 Å². The molecule has 0 radical (unpaired) electrons. The molecule has 1 heterocycles. The van der Waals surface area contributed by atoms with Gasteiger partial charge < -0.3 is 24.8 Å². The number of benzene rings is 2. The first-order valence-electron chi connectivity index (χ1n) is 12.2. The Kier molecular flexibility index (Phi) is 8.45. The van der Waals surface area contributed by atoms with Crippen LogP contribution < -0.4 is 20.1 Å². The third-order valence-corrected chi connectivity index (χ3v) is 7.20. The van der Waals surface area contributed by atoms with Crippen molar-refractivity contribution in [1.29, 1.82) is 0 Å². The fraction of sp³-hybridized carbons (Fsp3) is 0.321. The van der Waals surface area contributed by atoms with Crippen LogP contribution in [-0.2, 0) is 22.4 Å². The lowest BCUT2D eigenvalue weighted by Gasteiger charge is -2.12. The van der Waals surface area contributed by atoms with Gasteiger partial charge in [0, 0.05) is 10.4 Å². The number of esters is 1. The summed E-state index contributed by atoms with van der Waals surface area (Å²) in [6, 6.07) is 12.0. The largest absolute Gasteiger partial charge is 0.495 e. The monoisotopic (exact) mass is 522 g/mol. The molecule has 0 atom stereocenters. The lowest BCUT2D eigenvalue weighted by Crippen LogP contribution is -2.21. The number of aryl methyl sites for hydroxylation is 2. The minimum atomic E-state index is -0.407. The van der Waals surface area contributed by atoms with E-state index in [4.69, 9.17) is 14.2 Å². The minimum absolute atomic E-state index is 0.239. The molecular formula is C28H30N2O6S. The number of hydrogen-bond acceptors (Lipinski definition) is 7. The van der Waals surface area contributed by atoms with E-state index in [9.17, 15) is 14.4 Å². The Hall–Kier alpha value is -3.85. The van der Waals surface area contributed by atoms with Crippen LogP contribution in [0.5, 0.6) is 11.5 Å². The number of nitrogens with one attached hydrogen (secondary N) is 2. The molecule has 0 saturated carbocycles. The highest BCUT2D eigenvalue weighted by Crippen LogP contribution is 2.38. The molecule has 1 aliphatic carbocycles. The summed E-state index contributed by atoms with van der Waals surface area (Å²) in [5.41, 5.74) is 3.47. The second-order valence-corrected chi connectivity index (χ2v) is 9.76. The summed E-state index contributed by atoms with van der Waals surface area (Å²) in [5.74, 6) is -0.0623. The van der Waals surface area contributed by atoms with E-state index in [-0.39, 0.29) is 25.0 Å². The maximum atomic E-state index is 12.7. The van der Waals surface area contributed by atoms with E-state index in [1.165, 1.54) is 11.3 Å². The maximum absolute atomic E-state index is 12.7. The average Bonchev–Trinajstić information content (AvgIpc) is 3.26. The Bertz CT molecular complexity index is 1300. The molecule has 2 aromatic carbocycles. The van der Waals surface area contributed by atoms with E-state index < -0.39 is 5.97 Å². The zero-order chi connectivity index (χ0) is 26.4. The fourth-order valence-electron chi connectivity index (χ4n) is 4.20. The SMILES string of the molecule is CCOC(=O)c1c(NC(=O)COc2ccc(C(=O)Nc3cc(C)ccc3OC)cc2)sc2c1CCCC2. The molecule has 1 aromatic heterocycles. The first kappa shape index (κ1) is 26.2. The van der Waals surface area contributed by atoms with Crippen LogP contribution in [-0.4, -0.2) is 38.1 Å². The molecule has 0 bridgehead atoms. The Labute approximate surface area is 219 Å². The second kappa shape index (κ2) is 11.9. The number of amides is 2. The lowest BCUT2D eigenvalue weighted by atomic mass is 9.95. The van der Waals surface area contributed by atoms with Gasteiger partial charge in [-0.1, -0.05) is 6.07 Å². The molecule has 0 spiro atoms. The van der Waals surface area contributed by atoms with Gasteiger partial charge in [-0.3, -0.25) is 9.59 Å². The number of carbonyl (C=O) groups excluding carboxylic acids is 3. The molecule has 4 rings (SSSR count). The van der Waals surface area contributed by atoms with Gasteiger partial charge in [0.05, 0.1) is 25.0 Å². The van der Waals surface area contributed by atoms with E-state index >= 15 is 0 Å². The molecule has 0 fully saturated rings. The van der Waals surface area contributed by atoms with Gasteiger partial charge in [-0.2, -0.15) is 0 Å². The number of hydrogen-bond donors (Lipinski definition) is 2.